The molecule has 0 saturated carbocycles. The lowest BCUT2D eigenvalue weighted by Crippen LogP contribution is -2.14. The van der Waals surface area contributed by atoms with Gasteiger partial charge in [0.25, 0.3) is 0 Å². The van der Waals surface area contributed by atoms with Crippen molar-refractivity contribution in [2.24, 2.45) is 0 Å². The molecular formula is C15H16BrN3O2. The molecule has 110 valence electrons. The van der Waals surface area contributed by atoms with Crippen LogP contribution in [0.4, 0.5) is 5.69 Å². The number of nitrogens with zero attached hydrogens (tertiary/aromatic N) is 2. The van der Waals surface area contributed by atoms with Crippen molar-refractivity contribution in [3.05, 3.63) is 46.2 Å². The first kappa shape index (κ1) is 15.4. The summed E-state index contributed by atoms with van der Waals surface area (Å²) in [5.41, 5.74) is 2.21. The van der Waals surface area contributed by atoms with Crippen LogP contribution >= 0.6 is 15.9 Å². The number of aryl methyl sites for hydroxylation is 2. The van der Waals surface area contributed by atoms with E-state index in [1.165, 1.54) is 6.92 Å². The Bertz CT molecular complexity index is 643. The molecule has 21 heavy (non-hydrogen) atoms. The molecule has 0 fully saturated rings. The Labute approximate surface area is 131 Å². The normalized spacial score (nSPS) is 10.4. The van der Waals surface area contributed by atoms with E-state index in [2.05, 4.69) is 26.3 Å². The summed E-state index contributed by atoms with van der Waals surface area (Å²) in [6.45, 7) is 3.93. The number of benzene rings is 1. The Kier molecular flexibility index (Phi) is 4.90. The van der Waals surface area contributed by atoms with Gasteiger partial charge in [0.05, 0.1) is 10.2 Å². The SMILES string of the molecule is CC(=O)c1ccc(NC(=O)CCn2cc(Br)c(C)n2)cc1. The first-order valence-electron chi connectivity index (χ1n) is 6.56. The zero-order chi connectivity index (χ0) is 15.4. The van der Waals surface area contributed by atoms with Gasteiger partial charge in [0.1, 0.15) is 0 Å². The summed E-state index contributed by atoms with van der Waals surface area (Å²) in [5.74, 6) is -0.0812. The van der Waals surface area contributed by atoms with E-state index in [0.29, 0.717) is 24.2 Å². The molecule has 0 aliphatic rings. The fourth-order valence-electron chi connectivity index (χ4n) is 1.84. The first-order valence-corrected chi connectivity index (χ1v) is 7.35. The van der Waals surface area contributed by atoms with Crippen molar-refractivity contribution < 1.29 is 9.59 Å². The molecule has 0 aliphatic heterocycles. The molecule has 5 nitrogen and oxygen atoms in total. The molecule has 0 aliphatic carbocycles. The molecule has 2 rings (SSSR count). The maximum Gasteiger partial charge on any atom is 0.226 e. The summed E-state index contributed by atoms with van der Waals surface area (Å²) < 4.78 is 2.67. The molecule has 0 unspecified atom stereocenters. The Hall–Kier alpha value is -1.95. The number of halogens is 1. The van der Waals surface area contributed by atoms with Crippen molar-refractivity contribution in [2.75, 3.05) is 5.32 Å². The van der Waals surface area contributed by atoms with Gasteiger partial charge < -0.3 is 5.32 Å². The van der Waals surface area contributed by atoms with Crippen LogP contribution in [0.15, 0.2) is 34.9 Å². The van der Waals surface area contributed by atoms with Crippen LogP contribution in [0.1, 0.15) is 29.4 Å². The number of ketones is 1. The number of aromatic nitrogens is 2. The van der Waals surface area contributed by atoms with Gasteiger partial charge in [0.15, 0.2) is 5.78 Å². The number of amides is 1. The van der Waals surface area contributed by atoms with Crippen molar-refractivity contribution >= 4 is 33.3 Å². The van der Waals surface area contributed by atoms with Crippen molar-refractivity contribution in [3.8, 4) is 0 Å². The topological polar surface area (TPSA) is 64.0 Å². The first-order chi connectivity index (χ1) is 9.95. The van der Waals surface area contributed by atoms with Crippen LogP contribution in [0.3, 0.4) is 0 Å². The van der Waals surface area contributed by atoms with Crippen LogP contribution in [-0.2, 0) is 11.3 Å². The molecule has 0 spiro atoms. The maximum absolute atomic E-state index is 11.9. The Morgan fingerprint density at radius 2 is 1.95 bits per heavy atom. The molecular weight excluding hydrogens is 334 g/mol. The monoisotopic (exact) mass is 349 g/mol. The van der Waals surface area contributed by atoms with E-state index in [-0.39, 0.29) is 11.7 Å². The van der Waals surface area contributed by atoms with E-state index in [4.69, 9.17) is 0 Å². The van der Waals surface area contributed by atoms with E-state index >= 15 is 0 Å². The van der Waals surface area contributed by atoms with E-state index < -0.39 is 0 Å². The molecule has 0 saturated heterocycles. The average molecular weight is 350 g/mol. The second-order valence-electron chi connectivity index (χ2n) is 4.76. The van der Waals surface area contributed by atoms with E-state index in [1.54, 1.807) is 28.9 Å². The lowest BCUT2D eigenvalue weighted by molar-refractivity contribution is -0.116. The van der Waals surface area contributed by atoms with Crippen molar-refractivity contribution in [1.82, 2.24) is 9.78 Å². The van der Waals surface area contributed by atoms with Gasteiger partial charge in [0, 0.05) is 30.4 Å². The van der Waals surface area contributed by atoms with Crippen LogP contribution in [0.5, 0.6) is 0 Å². The maximum atomic E-state index is 11.9. The second-order valence-corrected chi connectivity index (χ2v) is 5.61. The number of Topliss-reactive ketones (excluding diaryl/α,β-unsaturated/α-hetero) is 1. The van der Waals surface area contributed by atoms with Gasteiger partial charge in [-0.15, -0.1) is 0 Å². The number of rotatable bonds is 5. The summed E-state index contributed by atoms with van der Waals surface area (Å²) in [4.78, 5) is 23.0. The Morgan fingerprint density at radius 3 is 2.48 bits per heavy atom. The van der Waals surface area contributed by atoms with Crippen LogP contribution in [0.2, 0.25) is 0 Å². The van der Waals surface area contributed by atoms with Gasteiger partial charge in [-0.3, -0.25) is 14.3 Å². The van der Waals surface area contributed by atoms with E-state index in [9.17, 15) is 9.59 Å². The molecule has 0 bridgehead atoms. The van der Waals surface area contributed by atoms with Crippen LogP contribution in [0.25, 0.3) is 0 Å². The third-order valence-corrected chi connectivity index (χ3v) is 3.81. The lowest BCUT2D eigenvalue weighted by Gasteiger charge is -2.06. The van der Waals surface area contributed by atoms with Crippen LogP contribution in [-0.4, -0.2) is 21.5 Å². The minimum Gasteiger partial charge on any atom is -0.326 e. The number of hydrogen-bond donors (Lipinski definition) is 1. The highest BCUT2D eigenvalue weighted by atomic mass is 79.9. The van der Waals surface area contributed by atoms with Crippen molar-refractivity contribution in [2.45, 2.75) is 26.8 Å². The predicted molar refractivity (Wildman–Crippen MR) is 84.4 cm³/mol. The fraction of sp³-hybridized carbons (Fsp3) is 0.267. The summed E-state index contributed by atoms with van der Waals surface area (Å²) in [6, 6.07) is 6.85. The predicted octanol–water partition coefficient (Wildman–Crippen LogP) is 3.19. The summed E-state index contributed by atoms with van der Waals surface area (Å²) >= 11 is 3.38. The second kappa shape index (κ2) is 6.67. The highest BCUT2D eigenvalue weighted by Crippen LogP contribution is 2.14. The van der Waals surface area contributed by atoms with Gasteiger partial charge in [-0.1, -0.05) is 0 Å². The summed E-state index contributed by atoms with van der Waals surface area (Å²) in [7, 11) is 0. The van der Waals surface area contributed by atoms with Crippen molar-refractivity contribution in [1.29, 1.82) is 0 Å². The van der Waals surface area contributed by atoms with Gasteiger partial charge in [-0.05, 0) is 54.0 Å². The fourth-order valence-corrected chi connectivity index (χ4v) is 2.15. The van der Waals surface area contributed by atoms with Crippen molar-refractivity contribution in [3.63, 3.8) is 0 Å². The van der Waals surface area contributed by atoms with E-state index in [1.807, 2.05) is 13.1 Å². The Morgan fingerprint density at radius 1 is 1.29 bits per heavy atom. The highest BCUT2D eigenvalue weighted by molar-refractivity contribution is 9.10. The number of nitrogens with one attached hydrogen (secondary N) is 1. The Balaban J connectivity index is 1.88. The average Bonchev–Trinajstić information content (AvgIpc) is 2.76. The molecule has 0 atom stereocenters. The smallest absolute Gasteiger partial charge is 0.226 e. The number of hydrogen-bond acceptors (Lipinski definition) is 3. The van der Waals surface area contributed by atoms with Gasteiger partial charge in [-0.25, -0.2) is 0 Å². The standard InChI is InChI=1S/C15H16BrN3O2/c1-10-14(16)9-19(18-10)8-7-15(21)17-13-5-3-12(4-6-13)11(2)20/h3-6,9H,7-8H2,1-2H3,(H,17,21). The molecule has 1 N–H and O–H groups in total. The third-order valence-electron chi connectivity index (χ3n) is 3.03. The number of anilines is 1. The zero-order valence-electron chi connectivity index (χ0n) is 11.9. The molecule has 1 aromatic carbocycles. The van der Waals surface area contributed by atoms with Gasteiger partial charge >= 0.3 is 0 Å². The molecule has 1 aromatic heterocycles. The highest BCUT2D eigenvalue weighted by Gasteiger charge is 2.06. The lowest BCUT2D eigenvalue weighted by atomic mass is 10.1. The zero-order valence-corrected chi connectivity index (χ0v) is 13.5. The summed E-state index contributed by atoms with van der Waals surface area (Å²) in [5, 5.41) is 7.07. The molecule has 6 heteroatoms. The molecule has 0 radical (unpaired) electrons. The minimum atomic E-state index is -0.0881. The number of carbonyl (C=O) groups excluding carboxylic acids is 2. The number of carbonyl (C=O) groups is 2. The largest absolute Gasteiger partial charge is 0.326 e. The minimum absolute atomic E-state index is 0.00695. The van der Waals surface area contributed by atoms with Gasteiger partial charge in [-0.2, -0.15) is 5.10 Å². The third kappa shape index (κ3) is 4.26. The van der Waals surface area contributed by atoms with Gasteiger partial charge in [0.2, 0.25) is 5.91 Å². The van der Waals surface area contributed by atoms with Crippen LogP contribution in [0, 0.1) is 6.92 Å². The van der Waals surface area contributed by atoms with E-state index in [0.717, 1.165) is 10.2 Å². The summed E-state index contributed by atoms with van der Waals surface area (Å²) in [6.07, 6.45) is 2.19. The molecule has 1 amide bonds. The molecule has 2 aromatic rings. The molecule has 1 heterocycles. The van der Waals surface area contributed by atoms with Crippen LogP contribution < -0.4 is 5.32 Å². The quantitative estimate of drug-likeness (QED) is 0.843.